The topological polar surface area (TPSA) is 96.8 Å². The zero-order valence-electron chi connectivity index (χ0n) is 17.2. The highest BCUT2D eigenvalue weighted by atomic mass is 79.9. The Labute approximate surface area is 192 Å². The third-order valence-electron chi connectivity index (χ3n) is 5.75. The van der Waals surface area contributed by atoms with E-state index in [1.807, 2.05) is 59.5 Å². The second-order valence-electron chi connectivity index (χ2n) is 7.95. The lowest BCUT2D eigenvalue weighted by Crippen LogP contribution is -2.40. The molecule has 5 rings (SSSR count). The smallest absolute Gasteiger partial charge is 0.281 e. The van der Waals surface area contributed by atoms with E-state index in [-0.39, 0.29) is 22.9 Å². The quantitative estimate of drug-likeness (QED) is 0.471. The summed E-state index contributed by atoms with van der Waals surface area (Å²) in [6.07, 6.45) is 1.69. The first-order valence-electron chi connectivity index (χ1n) is 10.5. The Morgan fingerprint density at radius 1 is 1.12 bits per heavy atom. The van der Waals surface area contributed by atoms with Crippen molar-refractivity contribution in [3.8, 4) is 0 Å². The maximum atomic E-state index is 13.0. The Kier molecular flexibility index (Phi) is 5.57. The Bertz CT molecular complexity index is 1320. The Morgan fingerprint density at radius 2 is 1.91 bits per heavy atom. The van der Waals surface area contributed by atoms with Crippen molar-refractivity contribution in [3.05, 3.63) is 86.4 Å². The monoisotopic (exact) mass is 492 g/mol. The summed E-state index contributed by atoms with van der Waals surface area (Å²) in [6.45, 7) is 1.67. The van der Waals surface area contributed by atoms with Gasteiger partial charge in [0.25, 0.3) is 11.5 Å². The molecule has 1 aliphatic rings. The summed E-state index contributed by atoms with van der Waals surface area (Å²) in [5.41, 5.74) is 2.08. The SMILES string of the molecule is O=C(c1ccc(Br)cc1)N1CCC[C@H](c2nc3c(nnn3Cc3ccccc3)c(=O)[nH]2)C1. The predicted molar refractivity (Wildman–Crippen MR) is 124 cm³/mol. The van der Waals surface area contributed by atoms with Crippen LogP contribution in [0, 0.1) is 0 Å². The number of carbonyl (C=O) groups is 1. The molecule has 8 nitrogen and oxygen atoms in total. The Morgan fingerprint density at radius 3 is 2.69 bits per heavy atom. The van der Waals surface area contributed by atoms with Gasteiger partial charge in [0.05, 0.1) is 6.54 Å². The normalized spacial score (nSPS) is 16.4. The minimum atomic E-state index is -0.305. The summed E-state index contributed by atoms with van der Waals surface area (Å²) in [4.78, 5) is 35.1. The number of aromatic amines is 1. The molecule has 3 heterocycles. The van der Waals surface area contributed by atoms with Crippen LogP contribution in [0.4, 0.5) is 0 Å². The fraction of sp³-hybridized carbons (Fsp3) is 0.261. The molecule has 1 aliphatic heterocycles. The molecule has 0 spiro atoms. The van der Waals surface area contributed by atoms with E-state index in [9.17, 15) is 9.59 Å². The van der Waals surface area contributed by atoms with Crippen LogP contribution in [0.2, 0.25) is 0 Å². The number of nitrogens with zero attached hydrogens (tertiary/aromatic N) is 5. The molecule has 0 unspecified atom stereocenters. The molecule has 0 aliphatic carbocycles. The van der Waals surface area contributed by atoms with E-state index in [0.29, 0.717) is 36.7 Å². The average molecular weight is 493 g/mol. The van der Waals surface area contributed by atoms with E-state index in [2.05, 4.69) is 31.2 Å². The molecular formula is C23H21BrN6O2. The van der Waals surface area contributed by atoms with Gasteiger partial charge in [-0.2, -0.15) is 0 Å². The van der Waals surface area contributed by atoms with Crippen molar-refractivity contribution in [1.82, 2.24) is 29.9 Å². The molecule has 1 fully saturated rings. The number of halogens is 1. The third-order valence-corrected chi connectivity index (χ3v) is 6.28. The standard InChI is InChI=1S/C23H21BrN6O2/c24-18-10-8-16(9-11-18)23(32)29-12-4-7-17(14-29)20-25-21-19(22(31)26-20)27-28-30(21)13-15-5-2-1-3-6-15/h1-3,5-6,8-11,17H,4,7,12-14H2,(H,25,26,31)/t17-/m0/s1. The molecule has 0 saturated carbocycles. The van der Waals surface area contributed by atoms with Gasteiger partial charge in [-0.1, -0.05) is 51.5 Å². The molecule has 0 bridgehead atoms. The highest BCUT2D eigenvalue weighted by molar-refractivity contribution is 9.10. The number of benzene rings is 2. The van der Waals surface area contributed by atoms with Crippen molar-refractivity contribution in [3.63, 3.8) is 0 Å². The molecule has 1 N–H and O–H groups in total. The third kappa shape index (κ3) is 4.08. The zero-order chi connectivity index (χ0) is 22.1. The van der Waals surface area contributed by atoms with E-state index in [0.717, 1.165) is 22.9 Å². The van der Waals surface area contributed by atoms with Gasteiger partial charge in [0.1, 0.15) is 5.82 Å². The second kappa shape index (κ2) is 8.66. The minimum Gasteiger partial charge on any atom is -0.338 e. The zero-order valence-corrected chi connectivity index (χ0v) is 18.8. The molecule has 9 heteroatoms. The number of hydrogen-bond acceptors (Lipinski definition) is 5. The Hall–Kier alpha value is -3.33. The fourth-order valence-corrected chi connectivity index (χ4v) is 4.36. The summed E-state index contributed by atoms with van der Waals surface area (Å²) in [7, 11) is 0. The first kappa shape index (κ1) is 20.6. The lowest BCUT2D eigenvalue weighted by Gasteiger charge is -2.32. The van der Waals surface area contributed by atoms with Crippen LogP contribution < -0.4 is 5.56 Å². The maximum Gasteiger partial charge on any atom is 0.281 e. The number of hydrogen-bond donors (Lipinski definition) is 1. The lowest BCUT2D eigenvalue weighted by molar-refractivity contribution is 0.0704. The number of carbonyl (C=O) groups excluding carboxylic acids is 1. The van der Waals surface area contributed by atoms with E-state index in [4.69, 9.17) is 4.98 Å². The van der Waals surface area contributed by atoms with E-state index < -0.39 is 0 Å². The molecule has 1 atom stereocenters. The number of likely N-dealkylation sites (tertiary alicyclic amines) is 1. The second-order valence-corrected chi connectivity index (χ2v) is 8.87. The molecule has 1 saturated heterocycles. The molecule has 2 aromatic carbocycles. The van der Waals surface area contributed by atoms with Crippen molar-refractivity contribution in [1.29, 1.82) is 0 Å². The predicted octanol–water partition coefficient (Wildman–Crippen LogP) is 3.35. The van der Waals surface area contributed by atoms with Gasteiger partial charge in [-0.25, -0.2) is 9.67 Å². The largest absolute Gasteiger partial charge is 0.338 e. The van der Waals surface area contributed by atoms with Crippen LogP contribution in [0.1, 0.15) is 40.5 Å². The number of aromatic nitrogens is 5. The van der Waals surface area contributed by atoms with Gasteiger partial charge in [-0.15, -0.1) is 5.10 Å². The average Bonchev–Trinajstić information content (AvgIpc) is 3.23. The number of rotatable bonds is 4. The van der Waals surface area contributed by atoms with E-state index >= 15 is 0 Å². The summed E-state index contributed by atoms with van der Waals surface area (Å²) < 4.78 is 2.58. The van der Waals surface area contributed by atoms with Crippen LogP contribution in [0.5, 0.6) is 0 Å². The summed E-state index contributed by atoms with van der Waals surface area (Å²) in [5, 5.41) is 8.17. The van der Waals surface area contributed by atoms with Gasteiger partial charge < -0.3 is 9.88 Å². The summed E-state index contributed by atoms with van der Waals surface area (Å²) in [6, 6.07) is 17.2. The molecule has 0 radical (unpaired) electrons. The van der Waals surface area contributed by atoms with Gasteiger partial charge in [-0.3, -0.25) is 9.59 Å². The van der Waals surface area contributed by atoms with Gasteiger partial charge in [-0.05, 0) is 42.7 Å². The summed E-state index contributed by atoms with van der Waals surface area (Å²) >= 11 is 3.40. The van der Waals surface area contributed by atoms with Crippen LogP contribution >= 0.6 is 15.9 Å². The van der Waals surface area contributed by atoms with Gasteiger partial charge in [0.15, 0.2) is 11.2 Å². The van der Waals surface area contributed by atoms with Crippen LogP contribution in [-0.4, -0.2) is 48.9 Å². The van der Waals surface area contributed by atoms with Gasteiger partial charge in [0.2, 0.25) is 0 Å². The van der Waals surface area contributed by atoms with Crippen LogP contribution in [0.25, 0.3) is 11.2 Å². The molecular weight excluding hydrogens is 472 g/mol. The number of H-pyrrole nitrogens is 1. The maximum absolute atomic E-state index is 13.0. The van der Waals surface area contributed by atoms with E-state index in [1.165, 1.54) is 0 Å². The van der Waals surface area contributed by atoms with Gasteiger partial charge in [0, 0.05) is 29.0 Å². The number of amides is 1. The van der Waals surface area contributed by atoms with Crippen molar-refractivity contribution in [2.75, 3.05) is 13.1 Å². The first-order chi connectivity index (χ1) is 15.6. The van der Waals surface area contributed by atoms with Crippen molar-refractivity contribution < 1.29 is 4.79 Å². The molecule has 162 valence electrons. The van der Waals surface area contributed by atoms with Gasteiger partial charge >= 0.3 is 0 Å². The molecule has 1 amide bonds. The Balaban J connectivity index is 1.42. The van der Waals surface area contributed by atoms with E-state index in [1.54, 1.807) is 4.68 Å². The lowest BCUT2D eigenvalue weighted by atomic mass is 9.96. The van der Waals surface area contributed by atoms with Crippen molar-refractivity contribution in [2.45, 2.75) is 25.3 Å². The first-order valence-corrected chi connectivity index (χ1v) is 11.3. The van der Waals surface area contributed by atoms with Crippen molar-refractivity contribution >= 4 is 33.0 Å². The molecule has 32 heavy (non-hydrogen) atoms. The highest BCUT2D eigenvalue weighted by Crippen LogP contribution is 2.26. The molecule has 4 aromatic rings. The van der Waals surface area contributed by atoms with Crippen LogP contribution in [-0.2, 0) is 6.54 Å². The van der Waals surface area contributed by atoms with Crippen LogP contribution in [0.3, 0.4) is 0 Å². The number of nitrogens with one attached hydrogen (secondary N) is 1. The van der Waals surface area contributed by atoms with Crippen LogP contribution in [0.15, 0.2) is 63.9 Å². The molecule has 2 aromatic heterocycles. The minimum absolute atomic E-state index is 0.0126. The number of piperidine rings is 1. The van der Waals surface area contributed by atoms with Crippen molar-refractivity contribution in [2.24, 2.45) is 0 Å². The highest BCUT2D eigenvalue weighted by Gasteiger charge is 2.28. The summed E-state index contributed by atoms with van der Waals surface area (Å²) in [5.74, 6) is 0.508. The number of fused-ring (bicyclic) bond motifs is 1. The fourth-order valence-electron chi connectivity index (χ4n) is 4.10.